The molecular formula is C17H24N6O2. The third-order valence-electron chi connectivity index (χ3n) is 3.39. The van der Waals surface area contributed by atoms with Crippen molar-refractivity contribution in [2.24, 2.45) is 11.5 Å². The third-order valence-corrected chi connectivity index (χ3v) is 3.39. The first-order valence-corrected chi connectivity index (χ1v) is 8.07. The maximum atomic E-state index is 11.6. The van der Waals surface area contributed by atoms with E-state index in [0.29, 0.717) is 31.5 Å². The number of nitrogens with zero attached hydrogens (tertiary/aromatic N) is 2. The molecule has 0 fully saturated rings. The Bertz CT molecular complexity index is 722. The van der Waals surface area contributed by atoms with Gasteiger partial charge < -0.3 is 26.8 Å². The summed E-state index contributed by atoms with van der Waals surface area (Å²) in [4.78, 5) is 20.1. The lowest BCUT2D eigenvalue weighted by molar-refractivity contribution is 0.100. The predicted octanol–water partition coefficient (Wildman–Crippen LogP) is 1.40. The second kappa shape index (κ2) is 8.95. The van der Waals surface area contributed by atoms with Crippen LogP contribution in [-0.2, 0) is 4.74 Å². The minimum atomic E-state index is -0.602. The van der Waals surface area contributed by atoms with Crippen molar-refractivity contribution < 1.29 is 9.53 Å². The van der Waals surface area contributed by atoms with Crippen molar-refractivity contribution in [3.05, 3.63) is 41.6 Å². The normalized spacial score (nSPS) is 11.8. The van der Waals surface area contributed by atoms with Crippen molar-refractivity contribution in [1.29, 1.82) is 0 Å². The number of rotatable bonds is 9. The molecule has 0 radical (unpaired) electrons. The molecule has 0 saturated heterocycles. The molecule has 0 saturated carbocycles. The van der Waals surface area contributed by atoms with Crippen molar-refractivity contribution in [3.63, 3.8) is 0 Å². The van der Waals surface area contributed by atoms with Crippen LogP contribution in [-0.4, -0.2) is 41.7 Å². The molecule has 0 aliphatic heterocycles. The lowest BCUT2D eigenvalue weighted by atomic mass is 10.2. The number of hydrogen-bond donors (Lipinski definition) is 4. The van der Waals surface area contributed by atoms with Gasteiger partial charge in [0.25, 0.3) is 5.91 Å². The molecule has 0 spiro atoms. The molecule has 1 aromatic heterocycles. The summed E-state index contributed by atoms with van der Waals surface area (Å²) in [6.45, 7) is 5.39. The van der Waals surface area contributed by atoms with Gasteiger partial charge >= 0.3 is 0 Å². The molecule has 0 bridgehead atoms. The summed E-state index contributed by atoms with van der Waals surface area (Å²) in [6.07, 6.45) is 1.39. The first kappa shape index (κ1) is 18.6. The van der Waals surface area contributed by atoms with E-state index in [-0.39, 0.29) is 11.6 Å². The van der Waals surface area contributed by atoms with Gasteiger partial charge in [-0.15, -0.1) is 0 Å². The molecule has 1 amide bonds. The Kier molecular flexibility index (Phi) is 6.67. The number of carbonyl (C=O) groups is 1. The number of nitrogens with two attached hydrogens (primary N) is 2. The van der Waals surface area contributed by atoms with E-state index in [1.165, 1.54) is 6.20 Å². The monoisotopic (exact) mass is 344 g/mol. The number of aromatic nitrogens is 2. The topological polar surface area (TPSA) is 128 Å². The van der Waals surface area contributed by atoms with Crippen LogP contribution in [0.5, 0.6) is 0 Å². The second-order valence-electron chi connectivity index (χ2n) is 5.62. The summed E-state index contributed by atoms with van der Waals surface area (Å²) < 4.78 is 5.27. The molecule has 2 aromatic rings. The Labute approximate surface area is 147 Å². The number of hydrogen-bond acceptors (Lipinski definition) is 7. The lowest BCUT2D eigenvalue weighted by Crippen LogP contribution is -2.34. The van der Waals surface area contributed by atoms with Crippen molar-refractivity contribution in [2.45, 2.75) is 19.9 Å². The minimum absolute atomic E-state index is 0.187. The van der Waals surface area contributed by atoms with Crippen LogP contribution >= 0.6 is 0 Å². The van der Waals surface area contributed by atoms with Crippen LogP contribution in [0.25, 0.3) is 0 Å². The fourth-order valence-electron chi connectivity index (χ4n) is 2.15. The highest BCUT2D eigenvalue weighted by atomic mass is 16.5. The minimum Gasteiger partial charge on any atom is -0.380 e. The Morgan fingerprint density at radius 2 is 2.20 bits per heavy atom. The molecule has 1 aromatic carbocycles. The van der Waals surface area contributed by atoms with Crippen LogP contribution in [0.4, 0.5) is 17.5 Å². The van der Waals surface area contributed by atoms with Crippen LogP contribution in [0.2, 0.25) is 0 Å². The zero-order valence-corrected chi connectivity index (χ0v) is 14.5. The van der Waals surface area contributed by atoms with Gasteiger partial charge in [0.05, 0.1) is 6.61 Å². The summed E-state index contributed by atoms with van der Waals surface area (Å²) in [5.41, 5.74) is 13.4. The van der Waals surface area contributed by atoms with Crippen molar-refractivity contribution in [1.82, 2.24) is 9.97 Å². The van der Waals surface area contributed by atoms with Gasteiger partial charge in [0.1, 0.15) is 11.4 Å². The summed E-state index contributed by atoms with van der Waals surface area (Å²) >= 11 is 0. The molecule has 1 heterocycles. The number of aryl methyl sites for hydroxylation is 1. The molecule has 0 aliphatic carbocycles. The summed E-state index contributed by atoms with van der Waals surface area (Å²) in [7, 11) is 0. The second-order valence-corrected chi connectivity index (χ2v) is 5.62. The number of ether oxygens (including phenoxy) is 1. The fourth-order valence-corrected chi connectivity index (χ4v) is 2.15. The summed E-state index contributed by atoms with van der Waals surface area (Å²) in [6, 6.07) is 7.53. The molecule has 8 heteroatoms. The van der Waals surface area contributed by atoms with E-state index < -0.39 is 5.91 Å². The molecular weight excluding hydrogens is 320 g/mol. The Balaban J connectivity index is 2.14. The van der Waals surface area contributed by atoms with E-state index in [0.717, 1.165) is 11.3 Å². The van der Waals surface area contributed by atoms with E-state index >= 15 is 0 Å². The van der Waals surface area contributed by atoms with E-state index in [9.17, 15) is 4.79 Å². The summed E-state index contributed by atoms with van der Waals surface area (Å²) in [5.74, 6) is 0.0934. The largest absolute Gasteiger partial charge is 0.380 e. The number of amides is 1. The standard InChI is InChI=1S/C17H24N6O2/c1-3-25-10-12(18)8-20-17-21-9-14(15(19)24)16(23-17)22-13-6-4-5-11(2)7-13/h4-7,9,12H,3,8,10,18H2,1-2H3,(H2,19,24)(H2,20,21,22,23). The molecule has 134 valence electrons. The van der Waals surface area contributed by atoms with Gasteiger partial charge in [-0.25, -0.2) is 4.98 Å². The maximum Gasteiger partial charge on any atom is 0.254 e. The zero-order valence-electron chi connectivity index (χ0n) is 14.5. The van der Waals surface area contributed by atoms with E-state index in [2.05, 4.69) is 20.6 Å². The fraction of sp³-hybridized carbons (Fsp3) is 0.353. The smallest absolute Gasteiger partial charge is 0.254 e. The van der Waals surface area contributed by atoms with Crippen LogP contribution in [0.3, 0.4) is 0 Å². The summed E-state index contributed by atoms with van der Waals surface area (Å²) in [5, 5.41) is 6.15. The van der Waals surface area contributed by atoms with Crippen LogP contribution < -0.4 is 22.1 Å². The van der Waals surface area contributed by atoms with Crippen LogP contribution in [0, 0.1) is 6.92 Å². The molecule has 1 unspecified atom stereocenters. The van der Waals surface area contributed by atoms with Crippen molar-refractivity contribution >= 4 is 23.4 Å². The molecule has 1 atom stereocenters. The zero-order chi connectivity index (χ0) is 18.2. The Morgan fingerprint density at radius 3 is 2.88 bits per heavy atom. The van der Waals surface area contributed by atoms with Gasteiger partial charge in [-0.3, -0.25) is 4.79 Å². The number of benzene rings is 1. The lowest BCUT2D eigenvalue weighted by Gasteiger charge is -2.14. The number of anilines is 3. The molecule has 0 aliphatic rings. The molecule has 25 heavy (non-hydrogen) atoms. The SMILES string of the molecule is CCOCC(N)CNc1ncc(C(N)=O)c(Nc2cccc(C)c2)n1. The van der Waals surface area contributed by atoms with Gasteiger partial charge in [-0.2, -0.15) is 4.98 Å². The van der Waals surface area contributed by atoms with E-state index in [1.807, 2.05) is 38.1 Å². The molecule has 2 rings (SSSR count). The molecule has 6 N–H and O–H groups in total. The van der Waals surface area contributed by atoms with E-state index in [4.69, 9.17) is 16.2 Å². The van der Waals surface area contributed by atoms with Crippen molar-refractivity contribution in [2.75, 3.05) is 30.4 Å². The highest BCUT2D eigenvalue weighted by molar-refractivity contribution is 5.98. The highest BCUT2D eigenvalue weighted by Crippen LogP contribution is 2.20. The Hall–Kier alpha value is -2.71. The van der Waals surface area contributed by atoms with Crippen LogP contribution in [0.15, 0.2) is 30.5 Å². The average Bonchev–Trinajstić information content (AvgIpc) is 2.58. The van der Waals surface area contributed by atoms with Crippen LogP contribution in [0.1, 0.15) is 22.8 Å². The highest BCUT2D eigenvalue weighted by Gasteiger charge is 2.13. The average molecular weight is 344 g/mol. The van der Waals surface area contributed by atoms with Gasteiger partial charge in [0, 0.05) is 31.1 Å². The van der Waals surface area contributed by atoms with Gasteiger partial charge in [0.15, 0.2) is 0 Å². The van der Waals surface area contributed by atoms with Gasteiger partial charge in [-0.1, -0.05) is 12.1 Å². The maximum absolute atomic E-state index is 11.6. The number of nitrogens with one attached hydrogen (secondary N) is 2. The van der Waals surface area contributed by atoms with E-state index in [1.54, 1.807) is 0 Å². The number of primary amides is 1. The third kappa shape index (κ3) is 5.70. The Morgan fingerprint density at radius 1 is 1.40 bits per heavy atom. The quantitative estimate of drug-likeness (QED) is 0.541. The van der Waals surface area contributed by atoms with Crippen molar-refractivity contribution in [3.8, 4) is 0 Å². The van der Waals surface area contributed by atoms with Gasteiger partial charge in [-0.05, 0) is 31.5 Å². The molecule has 8 nitrogen and oxygen atoms in total. The number of carbonyl (C=O) groups excluding carboxylic acids is 1. The first-order valence-electron chi connectivity index (χ1n) is 8.07. The van der Waals surface area contributed by atoms with Gasteiger partial charge in [0.2, 0.25) is 5.95 Å². The predicted molar refractivity (Wildman–Crippen MR) is 98.0 cm³/mol. The first-order chi connectivity index (χ1) is 12.0.